The average molecular weight is 842 g/mol. The molecule has 2 atom stereocenters. The van der Waals surface area contributed by atoms with Crippen LogP contribution in [-0.4, -0.2) is 109 Å². The molecule has 7 amide bonds. The highest BCUT2D eigenvalue weighted by molar-refractivity contribution is 8.40. The Morgan fingerprint density at radius 2 is 1.00 bits per heavy atom. The molecule has 0 aliphatic carbocycles. The van der Waals surface area contributed by atoms with E-state index in [2.05, 4.69) is 44.9 Å². The van der Waals surface area contributed by atoms with Crippen molar-refractivity contribution in [2.45, 2.75) is 85.7 Å². The first-order chi connectivity index (χ1) is 23.4. The Morgan fingerprint density at radius 3 is 1.29 bits per heavy atom. The van der Waals surface area contributed by atoms with Gasteiger partial charge in [-0.2, -0.15) is 0 Å². The van der Waals surface area contributed by atoms with Gasteiger partial charge in [0.1, 0.15) is 0 Å². The van der Waals surface area contributed by atoms with Crippen molar-refractivity contribution in [1.82, 2.24) is 31.1 Å². The van der Waals surface area contributed by atoms with Crippen molar-refractivity contribution >= 4 is 104 Å². The molecule has 0 aromatic carbocycles. The van der Waals surface area contributed by atoms with Gasteiger partial charge in [0.05, 0.1) is 19.4 Å². The lowest BCUT2D eigenvalue weighted by atomic mass is 10.1. The van der Waals surface area contributed by atoms with Crippen molar-refractivity contribution in [3.63, 3.8) is 0 Å². The van der Waals surface area contributed by atoms with E-state index in [1.165, 1.54) is 24.3 Å². The standard InChI is InChI=1S/C14H22N4O4.C14H20N3O4PS.3CH4.P2S2/c1-16-10(14(15)22)4-2-3-8-17-11(19)7-9-18-12(20)5-6-13(18)21;1-15-10(14(21)22-23)4-2-3-8-16-11(18)7-9-17-12(19)5-6-13(17)20;;;;3-1-2-4/h5-6,10,16H,2-4,7-9H2,1H3,(H2,15,22)(H,17,19);5-6,10,15H,2-4,7-9H2,1H3,(H,16,18);3*1H4;/t2*10-;;;;/m00..../s1. The van der Waals surface area contributed by atoms with Crippen LogP contribution in [0.25, 0.3) is 0 Å². The normalized spacial score (nSPS) is 13.9. The van der Waals surface area contributed by atoms with Gasteiger partial charge in [0, 0.05) is 77.4 Å². The van der Waals surface area contributed by atoms with E-state index in [-0.39, 0.29) is 107 Å². The molecule has 2 heterocycles. The highest BCUT2D eigenvalue weighted by Gasteiger charge is 2.24. The van der Waals surface area contributed by atoms with Gasteiger partial charge >= 0.3 is 0 Å². The Labute approximate surface area is 327 Å². The monoisotopic (exact) mass is 841 g/mol. The van der Waals surface area contributed by atoms with Crippen molar-refractivity contribution in [1.29, 1.82) is 0 Å². The summed E-state index contributed by atoms with van der Waals surface area (Å²) in [6.45, 7) is 1.15. The molecule has 0 bridgehead atoms. The van der Waals surface area contributed by atoms with Gasteiger partial charge in [-0.25, -0.2) is 0 Å². The summed E-state index contributed by atoms with van der Waals surface area (Å²) in [5.74, 6) is -2.35. The minimum Gasteiger partial charge on any atom is -0.368 e. The van der Waals surface area contributed by atoms with Crippen molar-refractivity contribution < 1.29 is 38.4 Å². The zero-order valence-electron chi connectivity index (χ0n) is 27.3. The number of nitrogens with zero attached hydrogens (tertiary/aromatic N) is 2. The van der Waals surface area contributed by atoms with E-state index >= 15 is 0 Å². The third kappa shape index (κ3) is 24.5. The zero-order chi connectivity index (χ0) is 37.2. The molecule has 0 aromatic heterocycles. The van der Waals surface area contributed by atoms with Crippen LogP contribution in [0.3, 0.4) is 0 Å². The van der Waals surface area contributed by atoms with Gasteiger partial charge in [-0.1, -0.05) is 22.3 Å². The maximum absolute atomic E-state index is 11.7. The number of nitrogens with one attached hydrogen (secondary N) is 4. The molecule has 294 valence electrons. The molecule has 52 heavy (non-hydrogen) atoms. The number of imide groups is 2. The third-order valence-electron chi connectivity index (χ3n) is 6.87. The summed E-state index contributed by atoms with van der Waals surface area (Å²) >= 11 is 13.5. The molecule has 0 aromatic rings. The van der Waals surface area contributed by atoms with E-state index in [1.54, 1.807) is 14.1 Å². The van der Waals surface area contributed by atoms with Gasteiger partial charge in [-0.05, 0) is 88.0 Å². The zero-order valence-corrected chi connectivity index (χ0v) is 32.4. The number of carbonyl (C=O) groups excluding carboxylic acids is 8. The van der Waals surface area contributed by atoms with E-state index < -0.39 is 0 Å². The predicted octanol–water partition coefficient (Wildman–Crippen LogP) is 2.40. The number of primary amides is 1. The lowest BCUT2D eigenvalue weighted by molar-refractivity contribution is -0.139. The molecule has 0 spiro atoms. The van der Waals surface area contributed by atoms with E-state index in [1.807, 2.05) is 0 Å². The SMILES string of the molecule is C.C.C.CN[C@@H](CCCCNC(=O)CCN1C(=O)C=CC1=O)C(=O)P=S.CN[C@@H](CCCCNC(=O)CCN1C(=O)C=CC1=O)C(N)=O.S=PP=S. The number of hydrogen-bond donors (Lipinski definition) is 5. The summed E-state index contributed by atoms with van der Waals surface area (Å²) < 4.78 is 0. The molecular weight excluding hydrogens is 788 g/mol. The molecule has 6 N–H and O–H groups in total. The van der Waals surface area contributed by atoms with E-state index in [4.69, 9.17) is 17.5 Å². The second kappa shape index (κ2) is 34.1. The number of amides is 7. The third-order valence-corrected chi connectivity index (χ3v) is 10.6. The second-order valence-corrected chi connectivity index (χ2v) is 15.6. The second-order valence-electron chi connectivity index (χ2n) is 10.2. The minimum absolute atomic E-state index is 0. The van der Waals surface area contributed by atoms with Crippen LogP contribution in [0.1, 0.15) is 73.6 Å². The molecule has 0 saturated heterocycles. The number of hydrogen-bond acceptors (Lipinski definition) is 13. The average Bonchev–Trinajstić information content (AvgIpc) is 3.59. The molecule has 2 rings (SSSR count). The van der Waals surface area contributed by atoms with Gasteiger partial charge in [0.25, 0.3) is 23.6 Å². The topological polar surface area (TPSA) is 217 Å². The number of carbonyl (C=O) groups is 8. The smallest absolute Gasteiger partial charge is 0.253 e. The maximum Gasteiger partial charge on any atom is 0.253 e. The number of rotatable bonds is 22. The molecule has 0 saturated carbocycles. The fraction of sp³-hybridized carbons (Fsp3) is 0.613. The highest BCUT2D eigenvalue weighted by atomic mass is 32.7. The summed E-state index contributed by atoms with van der Waals surface area (Å²) in [6, 6.07) is -0.583. The van der Waals surface area contributed by atoms with Gasteiger partial charge in [0.15, 0.2) is 0 Å². The lowest BCUT2D eigenvalue weighted by Gasteiger charge is -2.14. The Bertz CT molecular complexity index is 1250. The molecule has 15 nitrogen and oxygen atoms in total. The van der Waals surface area contributed by atoms with Crippen LogP contribution < -0.4 is 27.0 Å². The maximum atomic E-state index is 11.7. The van der Waals surface area contributed by atoms with Gasteiger partial charge in [-0.15, -0.1) is 0 Å². The minimum atomic E-state index is -0.389. The molecule has 2 aliphatic rings. The fourth-order valence-electron chi connectivity index (χ4n) is 4.19. The van der Waals surface area contributed by atoms with Crippen LogP contribution in [0.4, 0.5) is 0 Å². The summed E-state index contributed by atoms with van der Waals surface area (Å²) in [5.41, 5.74) is 5.18. The van der Waals surface area contributed by atoms with Crippen LogP contribution in [0.5, 0.6) is 0 Å². The first kappa shape index (κ1) is 56.1. The van der Waals surface area contributed by atoms with Gasteiger partial charge < -0.3 is 27.0 Å². The molecular formula is C31H54N7O8P3S3. The molecule has 0 unspecified atom stereocenters. The summed E-state index contributed by atoms with van der Waals surface area (Å²) in [7, 11) is 5.47. The van der Waals surface area contributed by atoms with Crippen LogP contribution in [0.15, 0.2) is 24.3 Å². The first-order valence-electron chi connectivity index (χ1n) is 15.1. The van der Waals surface area contributed by atoms with Crippen molar-refractivity contribution in [2.75, 3.05) is 40.3 Å². The lowest BCUT2D eigenvalue weighted by Crippen LogP contribution is -2.39. The van der Waals surface area contributed by atoms with E-state index in [0.717, 1.165) is 49.6 Å². The Hall–Kier alpha value is -2.68. The van der Waals surface area contributed by atoms with Crippen LogP contribution in [-0.2, 0) is 73.8 Å². The van der Waals surface area contributed by atoms with Gasteiger partial charge in [0.2, 0.25) is 23.2 Å². The van der Waals surface area contributed by atoms with E-state index in [0.29, 0.717) is 33.3 Å². The van der Waals surface area contributed by atoms with E-state index in [9.17, 15) is 38.4 Å². The summed E-state index contributed by atoms with van der Waals surface area (Å²) in [6.07, 6.45) is 9.25. The molecule has 0 radical (unpaired) electrons. The van der Waals surface area contributed by atoms with Crippen LogP contribution >= 0.6 is 21.4 Å². The Morgan fingerprint density at radius 1 is 0.654 bits per heavy atom. The summed E-state index contributed by atoms with van der Waals surface area (Å²) in [5, 5.41) is 11.2. The number of nitrogens with two attached hydrogens (primary N) is 1. The number of likely N-dealkylation sites (N-methyl/N-ethyl adjacent to an activating group) is 2. The molecule has 21 heteroatoms. The summed E-state index contributed by atoms with van der Waals surface area (Å²) in [4.78, 5) is 93.0. The Balaban J connectivity index is -0.000000381. The van der Waals surface area contributed by atoms with Crippen molar-refractivity contribution in [3.05, 3.63) is 24.3 Å². The highest BCUT2D eigenvalue weighted by Crippen LogP contribution is 2.10. The fourth-order valence-corrected chi connectivity index (χ4v) is 4.96. The van der Waals surface area contributed by atoms with Crippen molar-refractivity contribution in [2.24, 2.45) is 5.73 Å². The number of unbranched alkanes of at least 4 members (excludes halogenated alkanes) is 2. The molecule has 0 fully saturated rings. The van der Waals surface area contributed by atoms with Gasteiger partial charge in [-0.3, -0.25) is 48.2 Å². The van der Waals surface area contributed by atoms with Crippen LogP contribution in [0.2, 0.25) is 0 Å². The Kier molecular flexibility index (Phi) is 36.8. The molecule has 2 aliphatic heterocycles. The van der Waals surface area contributed by atoms with Crippen LogP contribution in [0, 0.1) is 0 Å². The first-order valence-corrected chi connectivity index (χ1v) is 21.6. The van der Waals surface area contributed by atoms with Crippen molar-refractivity contribution in [3.8, 4) is 0 Å². The predicted molar refractivity (Wildman–Crippen MR) is 218 cm³/mol. The largest absolute Gasteiger partial charge is 0.368 e. The quantitative estimate of drug-likeness (QED) is 0.0602.